The van der Waals surface area contributed by atoms with Crippen LogP contribution < -0.4 is 0 Å². The van der Waals surface area contributed by atoms with Gasteiger partial charge in [0.05, 0.1) is 40.0 Å². The first kappa shape index (κ1) is 18.5. The van der Waals surface area contributed by atoms with Crippen molar-refractivity contribution in [1.29, 1.82) is 10.5 Å². The minimum atomic E-state index is 0.513. The van der Waals surface area contributed by atoms with E-state index in [2.05, 4.69) is 37.7 Å². The fraction of sp³-hybridized carbons (Fsp3) is 0.0800. The molecule has 0 aliphatic rings. The molecular formula is C25H16N6. The van der Waals surface area contributed by atoms with Crippen molar-refractivity contribution < 1.29 is 0 Å². The summed E-state index contributed by atoms with van der Waals surface area (Å²) in [6, 6.07) is 23.8. The average molecular weight is 400 g/mol. The largest absolute Gasteiger partial charge is 0.308 e. The summed E-state index contributed by atoms with van der Waals surface area (Å²) in [5.41, 5.74) is 4.59. The standard InChI is InChI=1S/C25H16N6/c1-15-28-16(2)30-25(29-15)21-11-17(13-26)8-10-23(21)31-22-6-4-3-5-19(22)20-9-7-18(14-27)12-24(20)31/h3-12H,1-2H3. The predicted molar refractivity (Wildman–Crippen MR) is 119 cm³/mol. The molecule has 5 aromatic rings. The van der Waals surface area contributed by atoms with Crippen LogP contribution in [0.3, 0.4) is 0 Å². The zero-order valence-electron chi connectivity index (χ0n) is 17.0. The second kappa shape index (κ2) is 7.05. The maximum Gasteiger partial charge on any atom is 0.165 e. The Kier molecular flexibility index (Phi) is 4.20. The van der Waals surface area contributed by atoms with Crippen molar-refractivity contribution in [3.8, 4) is 29.2 Å². The van der Waals surface area contributed by atoms with E-state index < -0.39 is 0 Å². The molecule has 6 heteroatoms. The molecular weight excluding hydrogens is 384 g/mol. The van der Waals surface area contributed by atoms with Crippen LogP contribution in [0, 0.1) is 36.5 Å². The minimum absolute atomic E-state index is 0.513. The number of fused-ring (bicyclic) bond motifs is 3. The Morgan fingerprint density at radius 1 is 0.710 bits per heavy atom. The molecule has 0 aliphatic carbocycles. The van der Waals surface area contributed by atoms with E-state index in [0.717, 1.165) is 33.1 Å². The van der Waals surface area contributed by atoms with Gasteiger partial charge in [0.25, 0.3) is 0 Å². The van der Waals surface area contributed by atoms with Crippen LogP contribution in [-0.4, -0.2) is 19.5 Å². The van der Waals surface area contributed by atoms with E-state index in [0.29, 0.717) is 28.6 Å². The quantitative estimate of drug-likeness (QED) is 0.416. The monoisotopic (exact) mass is 400 g/mol. The molecule has 146 valence electrons. The molecule has 0 N–H and O–H groups in total. The van der Waals surface area contributed by atoms with Crippen molar-refractivity contribution in [1.82, 2.24) is 19.5 Å². The normalized spacial score (nSPS) is 10.8. The lowest BCUT2D eigenvalue weighted by molar-refractivity contribution is 0.926. The molecule has 0 fully saturated rings. The van der Waals surface area contributed by atoms with E-state index in [9.17, 15) is 10.5 Å². The minimum Gasteiger partial charge on any atom is -0.308 e. The van der Waals surface area contributed by atoms with Crippen LogP contribution in [0.4, 0.5) is 0 Å². The Hall–Kier alpha value is -4.55. The topological polar surface area (TPSA) is 91.2 Å². The van der Waals surface area contributed by atoms with Crippen molar-refractivity contribution in [2.45, 2.75) is 13.8 Å². The summed E-state index contributed by atoms with van der Waals surface area (Å²) in [5, 5.41) is 21.1. The summed E-state index contributed by atoms with van der Waals surface area (Å²) in [4.78, 5) is 13.4. The summed E-state index contributed by atoms with van der Waals surface area (Å²) in [7, 11) is 0. The second-order valence-corrected chi connectivity index (χ2v) is 7.29. The maximum atomic E-state index is 9.51. The van der Waals surface area contributed by atoms with Gasteiger partial charge in [0.1, 0.15) is 11.6 Å². The van der Waals surface area contributed by atoms with Crippen LogP contribution in [-0.2, 0) is 0 Å². The van der Waals surface area contributed by atoms with Crippen LogP contribution >= 0.6 is 0 Å². The van der Waals surface area contributed by atoms with Crippen LogP contribution in [0.2, 0.25) is 0 Å². The van der Waals surface area contributed by atoms with Gasteiger partial charge in [-0.3, -0.25) is 0 Å². The Morgan fingerprint density at radius 3 is 2.10 bits per heavy atom. The first-order valence-corrected chi connectivity index (χ1v) is 9.76. The molecule has 5 rings (SSSR count). The lowest BCUT2D eigenvalue weighted by Crippen LogP contribution is -2.03. The molecule has 2 heterocycles. The Balaban J connectivity index is 1.93. The molecule has 0 saturated carbocycles. The Morgan fingerprint density at radius 2 is 1.35 bits per heavy atom. The number of rotatable bonds is 2. The average Bonchev–Trinajstić information content (AvgIpc) is 3.11. The van der Waals surface area contributed by atoms with E-state index in [1.807, 2.05) is 56.3 Å². The lowest BCUT2D eigenvalue weighted by atomic mass is 10.1. The zero-order chi connectivity index (χ0) is 21.5. The number of nitriles is 2. The first-order valence-electron chi connectivity index (χ1n) is 9.76. The van der Waals surface area contributed by atoms with Gasteiger partial charge in [0, 0.05) is 16.3 Å². The third-order valence-corrected chi connectivity index (χ3v) is 5.27. The van der Waals surface area contributed by atoms with Crippen molar-refractivity contribution in [2.24, 2.45) is 0 Å². The summed E-state index contributed by atoms with van der Waals surface area (Å²) in [5.74, 6) is 1.74. The summed E-state index contributed by atoms with van der Waals surface area (Å²) in [6.07, 6.45) is 0. The molecule has 0 atom stereocenters. The van der Waals surface area contributed by atoms with E-state index >= 15 is 0 Å². The number of nitrogens with zero attached hydrogens (tertiary/aromatic N) is 6. The third-order valence-electron chi connectivity index (χ3n) is 5.27. The molecule has 0 unspecified atom stereocenters. The third kappa shape index (κ3) is 2.99. The Bertz CT molecular complexity index is 1560. The van der Waals surface area contributed by atoms with Crippen LogP contribution in [0.15, 0.2) is 60.7 Å². The van der Waals surface area contributed by atoms with Crippen LogP contribution in [0.1, 0.15) is 22.8 Å². The molecule has 0 radical (unpaired) electrons. The first-order chi connectivity index (χ1) is 15.1. The van der Waals surface area contributed by atoms with Crippen molar-refractivity contribution in [2.75, 3.05) is 0 Å². The van der Waals surface area contributed by atoms with Crippen LogP contribution in [0.5, 0.6) is 0 Å². The molecule has 2 aromatic heterocycles. The highest BCUT2D eigenvalue weighted by Gasteiger charge is 2.18. The summed E-state index contributed by atoms with van der Waals surface area (Å²) >= 11 is 0. The highest BCUT2D eigenvalue weighted by Crippen LogP contribution is 2.36. The highest BCUT2D eigenvalue weighted by atomic mass is 15.0. The van der Waals surface area contributed by atoms with Crippen LogP contribution in [0.25, 0.3) is 38.9 Å². The smallest absolute Gasteiger partial charge is 0.165 e. The highest BCUT2D eigenvalue weighted by molar-refractivity contribution is 6.10. The van der Waals surface area contributed by atoms with E-state index in [1.165, 1.54) is 0 Å². The molecule has 6 nitrogen and oxygen atoms in total. The van der Waals surface area contributed by atoms with Gasteiger partial charge in [-0.15, -0.1) is 0 Å². The fourth-order valence-corrected chi connectivity index (χ4v) is 4.02. The molecule has 0 aliphatic heterocycles. The molecule has 0 saturated heterocycles. The summed E-state index contributed by atoms with van der Waals surface area (Å²) < 4.78 is 2.11. The van der Waals surface area contributed by atoms with Gasteiger partial charge in [0.15, 0.2) is 5.82 Å². The second-order valence-electron chi connectivity index (χ2n) is 7.29. The van der Waals surface area contributed by atoms with E-state index in [1.54, 1.807) is 12.1 Å². The van der Waals surface area contributed by atoms with Gasteiger partial charge in [-0.2, -0.15) is 10.5 Å². The zero-order valence-corrected chi connectivity index (χ0v) is 17.0. The lowest BCUT2D eigenvalue weighted by Gasteiger charge is -2.14. The Labute approximate surface area is 178 Å². The van der Waals surface area contributed by atoms with Gasteiger partial charge in [-0.05, 0) is 50.2 Å². The summed E-state index contributed by atoms with van der Waals surface area (Å²) in [6.45, 7) is 3.65. The molecule has 31 heavy (non-hydrogen) atoms. The fourth-order valence-electron chi connectivity index (χ4n) is 4.02. The number of aryl methyl sites for hydroxylation is 2. The predicted octanol–water partition coefficient (Wildman–Crippen LogP) is 5.00. The number of hydrogen-bond acceptors (Lipinski definition) is 5. The van der Waals surface area contributed by atoms with E-state index in [4.69, 9.17) is 0 Å². The van der Waals surface area contributed by atoms with Gasteiger partial charge in [-0.25, -0.2) is 15.0 Å². The number of aromatic nitrogens is 4. The molecule has 3 aromatic carbocycles. The number of hydrogen-bond donors (Lipinski definition) is 0. The number of benzene rings is 3. The van der Waals surface area contributed by atoms with Crippen molar-refractivity contribution in [3.05, 3.63) is 83.4 Å². The maximum absolute atomic E-state index is 9.51. The molecule has 0 amide bonds. The van der Waals surface area contributed by atoms with Crippen molar-refractivity contribution >= 4 is 21.8 Å². The van der Waals surface area contributed by atoms with Gasteiger partial charge in [-0.1, -0.05) is 24.3 Å². The number of para-hydroxylation sites is 1. The van der Waals surface area contributed by atoms with Gasteiger partial charge >= 0.3 is 0 Å². The molecule has 0 spiro atoms. The molecule has 0 bridgehead atoms. The van der Waals surface area contributed by atoms with Crippen molar-refractivity contribution in [3.63, 3.8) is 0 Å². The van der Waals surface area contributed by atoms with E-state index in [-0.39, 0.29) is 0 Å². The van der Waals surface area contributed by atoms with Gasteiger partial charge < -0.3 is 4.57 Å². The SMILES string of the molecule is Cc1nc(C)nc(-c2cc(C#N)ccc2-n2c3ccccc3c3ccc(C#N)cc32)n1. The van der Waals surface area contributed by atoms with Gasteiger partial charge in [0.2, 0.25) is 0 Å².